The quantitative estimate of drug-likeness (QED) is 0.139. The molecule has 2 bridgehead atoms. The van der Waals surface area contributed by atoms with Gasteiger partial charge in [-0.25, -0.2) is 0 Å². The van der Waals surface area contributed by atoms with Gasteiger partial charge in [0, 0.05) is 11.5 Å². The summed E-state index contributed by atoms with van der Waals surface area (Å²) in [5.74, 6) is -2.03. The van der Waals surface area contributed by atoms with E-state index < -0.39 is 60.4 Å². The molecule has 36 heavy (non-hydrogen) atoms. The maximum atomic E-state index is 13.2. The van der Waals surface area contributed by atoms with Gasteiger partial charge >= 0.3 is 5.97 Å². The Hall–Kier alpha value is -2.25. The first-order valence-corrected chi connectivity index (χ1v) is 14.7. The van der Waals surface area contributed by atoms with E-state index in [9.17, 15) is 24.0 Å². The van der Waals surface area contributed by atoms with Gasteiger partial charge in [-0.1, -0.05) is 41.5 Å². The Bertz CT molecular complexity index is 825. The lowest BCUT2D eigenvalue weighted by Gasteiger charge is -2.27. The molecule has 2 aliphatic heterocycles. The van der Waals surface area contributed by atoms with Gasteiger partial charge in [0.25, 0.3) is 0 Å². The molecule has 0 saturated carbocycles. The largest absolute Gasteiger partial charge is 0.456 e. The summed E-state index contributed by atoms with van der Waals surface area (Å²) in [6, 6.07) is -2.73. The molecule has 2 heterocycles. The molecular weight excluding hydrogens is 506 g/mol. The van der Waals surface area contributed by atoms with Gasteiger partial charge in [0.2, 0.25) is 23.6 Å². The number of hydrogen-bond donors (Lipinski definition) is 5. The van der Waals surface area contributed by atoms with Crippen LogP contribution in [0.5, 0.6) is 0 Å². The van der Waals surface area contributed by atoms with Crippen LogP contribution in [0.15, 0.2) is 12.2 Å². The van der Waals surface area contributed by atoms with Crippen LogP contribution in [0.2, 0.25) is 0 Å². The minimum atomic E-state index is -0.927. The molecule has 6 N–H and O–H groups in total. The highest BCUT2D eigenvalue weighted by Gasteiger charge is 2.32. The minimum absolute atomic E-state index is 0.183. The van der Waals surface area contributed by atoms with Gasteiger partial charge in [-0.2, -0.15) is 0 Å². The highest BCUT2D eigenvalue weighted by Crippen LogP contribution is 2.23. The monoisotopic (exact) mass is 543 g/mol. The molecule has 0 aromatic heterocycles. The molecule has 1 saturated heterocycles. The summed E-state index contributed by atoms with van der Waals surface area (Å²) in [6.07, 6.45) is 4.71. The maximum absolute atomic E-state index is 13.2. The first-order chi connectivity index (χ1) is 17.2. The number of nitrogens with two attached hydrogens (primary N) is 1. The van der Waals surface area contributed by atoms with Crippen molar-refractivity contribution in [1.82, 2.24) is 21.3 Å². The average Bonchev–Trinajstić information content (AvgIpc) is 2.82. The van der Waals surface area contributed by atoms with Gasteiger partial charge < -0.3 is 31.7 Å². The Labute approximate surface area is 219 Å². The fourth-order valence-electron chi connectivity index (χ4n) is 3.61. The number of rotatable bonds is 5. The second-order valence-corrected chi connectivity index (χ2v) is 11.6. The number of nitrogens with one attached hydrogen (secondary N) is 4. The Balaban J connectivity index is 2.42. The van der Waals surface area contributed by atoms with E-state index in [1.54, 1.807) is 19.9 Å². The van der Waals surface area contributed by atoms with Crippen molar-refractivity contribution in [2.45, 2.75) is 70.2 Å². The molecule has 0 spiro atoms. The number of fused-ring (bicyclic) bond motifs is 7. The molecule has 2 aliphatic rings. The molecule has 0 aliphatic carbocycles. The third-order valence-electron chi connectivity index (χ3n) is 5.59. The number of amides is 4. The topological polar surface area (TPSA) is 169 Å². The van der Waals surface area contributed by atoms with Crippen LogP contribution < -0.4 is 27.0 Å². The number of carbonyl (C=O) groups is 5. The standard InChI is InChI=1S/C23H37N5O6S2/c1-14(2)20-23(33)25-12-19(30)34-15-7-4-6-10-35-36-13-17(22(32)28-20)27-21(31)16(8-3-5-9-24)26-18(29)11-15/h4,7,14-17,20H,3,5-6,8-13,24H2,1-2H3,(H,25,33)(H,26,29)(H,27,31)(H,28,32)/t15-,16-,17-,20-/m1/s1. The molecule has 1 fully saturated rings. The van der Waals surface area contributed by atoms with Gasteiger partial charge in [0.1, 0.15) is 30.8 Å². The Morgan fingerprint density at radius 1 is 1.03 bits per heavy atom. The van der Waals surface area contributed by atoms with Crippen molar-refractivity contribution in [1.29, 1.82) is 0 Å². The molecule has 202 valence electrons. The lowest BCUT2D eigenvalue weighted by atomic mass is 10.0. The minimum Gasteiger partial charge on any atom is -0.456 e. The van der Waals surface area contributed by atoms with Crippen molar-refractivity contribution in [2.24, 2.45) is 11.7 Å². The zero-order valence-electron chi connectivity index (χ0n) is 20.7. The van der Waals surface area contributed by atoms with Crippen molar-refractivity contribution in [3.05, 3.63) is 12.2 Å². The maximum Gasteiger partial charge on any atom is 0.326 e. The average molecular weight is 544 g/mol. The van der Waals surface area contributed by atoms with Crippen LogP contribution in [0, 0.1) is 5.92 Å². The van der Waals surface area contributed by atoms with Crippen LogP contribution in [0.3, 0.4) is 0 Å². The summed E-state index contributed by atoms with van der Waals surface area (Å²) >= 11 is 0. The molecule has 11 nitrogen and oxygen atoms in total. The highest BCUT2D eigenvalue weighted by atomic mass is 33.1. The van der Waals surface area contributed by atoms with Crippen molar-refractivity contribution in [2.75, 3.05) is 24.6 Å². The van der Waals surface area contributed by atoms with Gasteiger partial charge in [-0.3, -0.25) is 24.0 Å². The fraction of sp³-hybridized carbons (Fsp3) is 0.696. The van der Waals surface area contributed by atoms with E-state index in [1.807, 2.05) is 6.08 Å². The van der Waals surface area contributed by atoms with E-state index >= 15 is 0 Å². The second-order valence-electron chi connectivity index (χ2n) is 8.97. The Morgan fingerprint density at radius 3 is 2.53 bits per heavy atom. The normalized spacial score (nSPS) is 27.4. The van der Waals surface area contributed by atoms with Gasteiger partial charge in [0.05, 0.1) is 6.42 Å². The number of unbranched alkanes of at least 4 members (excludes halogenated alkanes) is 1. The van der Waals surface area contributed by atoms with E-state index in [-0.39, 0.29) is 18.1 Å². The molecule has 2 rings (SSSR count). The van der Waals surface area contributed by atoms with E-state index in [0.29, 0.717) is 38.0 Å². The third-order valence-corrected chi connectivity index (χ3v) is 8.04. The van der Waals surface area contributed by atoms with Crippen molar-refractivity contribution in [3.63, 3.8) is 0 Å². The number of ether oxygens (including phenoxy) is 1. The van der Waals surface area contributed by atoms with Crippen molar-refractivity contribution >= 4 is 51.2 Å². The zero-order chi connectivity index (χ0) is 26.5. The molecule has 4 atom stereocenters. The van der Waals surface area contributed by atoms with Gasteiger partial charge in [-0.15, -0.1) is 0 Å². The van der Waals surface area contributed by atoms with Crippen LogP contribution in [-0.4, -0.2) is 78.4 Å². The Kier molecular flexibility index (Phi) is 13.1. The summed E-state index contributed by atoms with van der Waals surface area (Å²) in [5, 5.41) is 10.7. The fourth-order valence-corrected chi connectivity index (χ4v) is 5.77. The number of carbonyl (C=O) groups excluding carboxylic acids is 5. The van der Waals surface area contributed by atoms with Crippen LogP contribution in [0.4, 0.5) is 0 Å². The van der Waals surface area contributed by atoms with Crippen LogP contribution >= 0.6 is 21.6 Å². The number of hydrogen-bond acceptors (Lipinski definition) is 9. The molecule has 0 aromatic rings. The lowest BCUT2D eigenvalue weighted by Crippen LogP contribution is -2.59. The molecule has 13 heteroatoms. The third kappa shape index (κ3) is 10.4. The predicted octanol–water partition coefficient (Wildman–Crippen LogP) is -0.00120. The number of esters is 1. The SMILES string of the molecule is CC(C)[C@H]1NC(=O)[C@H]2CSSCCC=C[C@H](CC(=O)N[C@H](CCCCN)C(=O)N2)OC(=O)CNC1=O. The smallest absolute Gasteiger partial charge is 0.326 e. The van der Waals surface area contributed by atoms with Crippen LogP contribution in [0.25, 0.3) is 0 Å². The first-order valence-electron chi connectivity index (χ1n) is 12.2. The highest BCUT2D eigenvalue weighted by molar-refractivity contribution is 8.76. The van der Waals surface area contributed by atoms with E-state index in [4.69, 9.17) is 10.5 Å². The van der Waals surface area contributed by atoms with Crippen molar-refractivity contribution in [3.8, 4) is 0 Å². The first kappa shape index (κ1) is 30.0. The molecular formula is C23H37N5O6S2. The van der Waals surface area contributed by atoms with Crippen molar-refractivity contribution < 1.29 is 28.7 Å². The van der Waals surface area contributed by atoms with E-state index in [0.717, 1.165) is 0 Å². The van der Waals surface area contributed by atoms with Crippen LogP contribution in [0.1, 0.15) is 46.0 Å². The number of allylic oxidation sites excluding steroid dienone is 1. The zero-order valence-corrected chi connectivity index (χ0v) is 22.4. The molecule has 0 radical (unpaired) electrons. The van der Waals surface area contributed by atoms with Gasteiger partial charge in [0.15, 0.2) is 0 Å². The lowest BCUT2D eigenvalue weighted by molar-refractivity contribution is -0.148. The molecule has 0 unspecified atom stereocenters. The summed E-state index contributed by atoms with van der Waals surface area (Å²) in [4.78, 5) is 64.4. The van der Waals surface area contributed by atoms with E-state index in [2.05, 4.69) is 21.3 Å². The molecule has 4 amide bonds. The Morgan fingerprint density at radius 2 is 1.81 bits per heavy atom. The summed E-state index contributed by atoms with van der Waals surface area (Å²) < 4.78 is 5.44. The van der Waals surface area contributed by atoms with Gasteiger partial charge in [-0.05, 0) is 44.2 Å². The van der Waals surface area contributed by atoms with E-state index in [1.165, 1.54) is 21.6 Å². The predicted molar refractivity (Wildman–Crippen MR) is 140 cm³/mol. The summed E-state index contributed by atoms with van der Waals surface area (Å²) in [6.45, 7) is 3.58. The second kappa shape index (κ2) is 15.8. The summed E-state index contributed by atoms with van der Waals surface area (Å²) in [5.41, 5.74) is 5.58. The van der Waals surface area contributed by atoms with Crippen LogP contribution in [-0.2, 0) is 28.7 Å². The summed E-state index contributed by atoms with van der Waals surface area (Å²) in [7, 11) is 2.97. The molecule has 0 aromatic carbocycles.